The van der Waals surface area contributed by atoms with Gasteiger partial charge in [-0.3, -0.25) is 0 Å². The summed E-state index contributed by atoms with van der Waals surface area (Å²) in [6.07, 6.45) is 0. The van der Waals surface area contributed by atoms with E-state index in [-0.39, 0.29) is 0 Å². The number of para-hydroxylation sites is 3. The van der Waals surface area contributed by atoms with Gasteiger partial charge in [0.2, 0.25) is 0 Å². The zero-order valence-corrected chi connectivity index (χ0v) is 22.9. The third-order valence-electron chi connectivity index (χ3n) is 6.69. The maximum absolute atomic E-state index is 3.59. The van der Waals surface area contributed by atoms with Crippen molar-refractivity contribution >= 4 is 50.1 Å². The highest BCUT2D eigenvalue weighted by atomic mass is 79.9. The van der Waals surface area contributed by atoms with Crippen molar-refractivity contribution in [3.05, 3.63) is 168 Å². The summed E-state index contributed by atoms with van der Waals surface area (Å²) in [6, 6.07) is 57.5. The molecule has 0 atom stereocenters. The molecule has 2 nitrogen and oxygen atoms in total. The van der Waals surface area contributed by atoms with Crippen molar-refractivity contribution in [3.8, 4) is 11.1 Å². The molecule has 0 aromatic heterocycles. The lowest BCUT2D eigenvalue weighted by atomic mass is 10.0. The van der Waals surface area contributed by atoms with E-state index < -0.39 is 0 Å². The molecule has 0 radical (unpaired) electrons. The first kappa shape index (κ1) is 24.7. The molecule has 3 heteroatoms. The standard InChI is InChI=1S/C36H27BrN2/c37-30-12-10-11-29(27-30)28-19-21-34(22-20-28)39(33-17-8-3-9-18-33)36-25-23-35(24-26-36)38(31-13-4-1-5-14-31)32-15-6-2-7-16-32/h1-27H. The SMILES string of the molecule is Brc1cccc(-c2ccc(N(c3ccccc3)c3ccc(N(c4ccccc4)c4ccccc4)cc3)cc2)c1. The molecule has 6 rings (SSSR count). The Labute approximate surface area is 238 Å². The maximum atomic E-state index is 3.59. The van der Waals surface area contributed by atoms with E-state index in [1.807, 2.05) is 0 Å². The lowest BCUT2D eigenvalue weighted by Crippen LogP contribution is -2.12. The van der Waals surface area contributed by atoms with Crippen LogP contribution in [0.2, 0.25) is 0 Å². The van der Waals surface area contributed by atoms with Gasteiger partial charge in [-0.05, 0) is 96.1 Å². The Kier molecular flexibility index (Phi) is 7.24. The summed E-state index contributed by atoms with van der Waals surface area (Å²) in [6.45, 7) is 0. The molecule has 0 saturated heterocycles. The van der Waals surface area contributed by atoms with Crippen LogP contribution >= 0.6 is 15.9 Å². The topological polar surface area (TPSA) is 6.48 Å². The van der Waals surface area contributed by atoms with Crippen LogP contribution in [0.5, 0.6) is 0 Å². The van der Waals surface area contributed by atoms with E-state index in [2.05, 4.69) is 190 Å². The fraction of sp³-hybridized carbons (Fsp3) is 0. The zero-order chi connectivity index (χ0) is 26.4. The highest BCUT2D eigenvalue weighted by Gasteiger charge is 2.15. The summed E-state index contributed by atoms with van der Waals surface area (Å²) in [5, 5.41) is 0. The third-order valence-corrected chi connectivity index (χ3v) is 7.19. The summed E-state index contributed by atoms with van der Waals surface area (Å²) < 4.78 is 1.08. The molecule has 0 fully saturated rings. The minimum absolute atomic E-state index is 1.08. The average Bonchev–Trinajstić information content (AvgIpc) is 3.00. The smallest absolute Gasteiger partial charge is 0.0463 e. The molecule has 6 aromatic rings. The normalized spacial score (nSPS) is 10.7. The molecule has 0 aliphatic heterocycles. The summed E-state index contributed by atoms with van der Waals surface area (Å²) in [4.78, 5) is 4.58. The van der Waals surface area contributed by atoms with Crippen molar-refractivity contribution < 1.29 is 0 Å². The molecule has 39 heavy (non-hydrogen) atoms. The zero-order valence-electron chi connectivity index (χ0n) is 21.4. The van der Waals surface area contributed by atoms with Crippen LogP contribution in [0.25, 0.3) is 11.1 Å². The first-order chi connectivity index (χ1) is 19.3. The van der Waals surface area contributed by atoms with Gasteiger partial charge in [-0.2, -0.15) is 0 Å². The highest BCUT2D eigenvalue weighted by molar-refractivity contribution is 9.10. The number of rotatable bonds is 7. The Balaban J connectivity index is 1.38. The second kappa shape index (κ2) is 11.4. The first-order valence-electron chi connectivity index (χ1n) is 13.0. The van der Waals surface area contributed by atoms with Crippen LogP contribution in [0.15, 0.2) is 168 Å². The number of anilines is 6. The second-order valence-corrected chi connectivity index (χ2v) is 10.2. The van der Waals surface area contributed by atoms with E-state index in [1.165, 1.54) is 11.1 Å². The van der Waals surface area contributed by atoms with Gasteiger partial charge < -0.3 is 9.80 Å². The predicted octanol–water partition coefficient (Wildman–Crippen LogP) is 11.1. The molecular weight excluding hydrogens is 540 g/mol. The van der Waals surface area contributed by atoms with Crippen molar-refractivity contribution in [2.24, 2.45) is 0 Å². The third kappa shape index (κ3) is 5.50. The van der Waals surface area contributed by atoms with E-state index in [4.69, 9.17) is 0 Å². The van der Waals surface area contributed by atoms with Crippen LogP contribution in [-0.4, -0.2) is 0 Å². The summed E-state index contributed by atoms with van der Waals surface area (Å²) >= 11 is 3.59. The number of benzene rings is 6. The van der Waals surface area contributed by atoms with E-state index in [1.54, 1.807) is 0 Å². The largest absolute Gasteiger partial charge is 0.311 e. The monoisotopic (exact) mass is 566 g/mol. The van der Waals surface area contributed by atoms with Gasteiger partial charge in [-0.1, -0.05) is 94.8 Å². The Morgan fingerprint density at radius 2 is 0.667 bits per heavy atom. The fourth-order valence-electron chi connectivity index (χ4n) is 4.85. The van der Waals surface area contributed by atoms with Gasteiger partial charge in [0.05, 0.1) is 0 Å². The summed E-state index contributed by atoms with van der Waals surface area (Å²) in [5.41, 5.74) is 9.05. The maximum Gasteiger partial charge on any atom is 0.0463 e. The van der Waals surface area contributed by atoms with Crippen molar-refractivity contribution in [2.45, 2.75) is 0 Å². The van der Waals surface area contributed by atoms with Crippen LogP contribution in [0.3, 0.4) is 0 Å². The van der Waals surface area contributed by atoms with Crippen LogP contribution in [-0.2, 0) is 0 Å². The van der Waals surface area contributed by atoms with Gasteiger partial charge in [0.25, 0.3) is 0 Å². The average molecular weight is 568 g/mol. The Bertz CT molecular complexity index is 1590. The van der Waals surface area contributed by atoms with Gasteiger partial charge in [-0.15, -0.1) is 0 Å². The number of halogens is 1. The Hall–Kier alpha value is -4.60. The molecule has 0 heterocycles. The molecule has 0 N–H and O–H groups in total. The van der Waals surface area contributed by atoms with Crippen LogP contribution in [0, 0.1) is 0 Å². The molecule has 0 bridgehead atoms. The predicted molar refractivity (Wildman–Crippen MR) is 169 cm³/mol. The van der Waals surface area contributed by atoms with Gasteiger partial charge in [0.15, 0.2) is 0 Å². The second-order valence-electron chi connectivity index (χ2n) is 9.25. The van der Waals surface area contributed by atoms with Gasteiger partial charge in [-0.25, -0.2) is 0 Å². The van der Waals surface area contributed by atoms with Gasteiger partial charge in [0, 0.05) is 38.6 Å². The fourth-order valence-corrected chi connectivity index (χ4v) is 5.25. The van der Waals surface area contributed by atoms with Gasteiger partial charge in [0.1, 0.15) is 0 Å². The molecule has 0 amide bonds. The van der Waals surface area contributed by atoms with Crippen molar-refractivity contribution in [1.82, 2.24) is 0 Å². The number of hydrogen-bond donors (Lipinski definition) is 0. The first-order valence-corrected chi connectivity index (χ1v) is 13.8. The molecule has 0 saturated carbocycles. The minimum atomic E-state index is 1.08. The van der Waals surface area contributed by atoms with Crippen LogP contribution < -0.4 is 9.80 Å². The Morgan fingerprint density at radius 1 is 0.308 bits per heavy atom. The highest BCUT2D eigenvalue weighted by Crippen LogP contribution is 2.39. The lowest BCUT2D eigenvalue weighted by molar-refractivity contribution is 1.26. The van der Waals surface area contributed by atoms with Gasteiger partial charge >= 0.3 is 0 Å². The summed E-state index contributed by atoms with van der Waals surface area (Å²) in [5.74, 6) is 0. The number of nitrogens with zero attached hydrogens (tertiary/aromatic N) is 2. The van der Waals surface area contributed by atoms with Crippen molar-refractivity contribution in [1.29, 1.82) is 0 Å². The molecule has 0 spiro atoms. The quantitative estimate of drug-likeness (QED) is 0.189. The van der Waals surface area contributed by atoms with E-state index in [9.17, 15) is 0 Å². The minimum Gasteiger partial charge on any atom is -0.311 e. The Morgan fingerprint density at radius 3 is 1.05 bits per heavy atom. The van der Waals surface area contributed by atoms with E-state index in [0.717, 1.165) is 38.6 Å². The van der Waals surface area contributed by atoms with Crippen LogP contribution in [0.4, 0.5) is 34.1 Å². The van der Waals surface area contributed by atoms with E-state index >= 15 is 0 Å². The van der Waals surface area contributed by atoms with Crippen LogP contribution in [0.1, 0.15) is 0 Å². The molecule has 0 aliphatic rings. The molecule has 0 aliphatic carbocycles. The molecule has 6 aromatic carbocycles. The molecule has 188 valence electrons. The summed E-state index contributed by atoms with van der Waals surface area (Å²) in [7, 11) is 0. The number of hydrogen-bond acceptors (Lipinski definition) is 2. The lowest BCUT2D eigenvalue weighted by Gasteiger charge is -2.28. The molecule has 0 unspecified atom stereocenters. The van der Waals surface area contributed by atoms with Crippen molar-refractivity contribution in [2.75, 3.05) is 9.80 Å². The van der Waals surface area contributed by atoms with E-state index in [0.29, 0.717) is 0 Å². The molecular formula is C36H27BrN2. The van der Waals surface area contributed by atoms with Crippen molar-refractivity contribution in [3.63, 3.8) is 0 Å².